The third kappa shape index (κ3) is 13.7. The number of hydrogen-bond donors (Lipinski definition) is 0. The van der Waals surface area contributed by atoms with Crippen molar-refractivity contribution in [2.24, 2.45) is 11.8 Å². The van der Waals surface area contributed by atoms with Gasteiger partial charge in [-0.2, -0.15) is 0 Å². The molecule has 1 aromatic carbocycles. The van der Waals surface area contributed by atoms with Crippen molar-refractivity contribution in [2.75, 3.05) is 6.61 Å². The number of benzene rings is 1. The summed E-state index contributed by atoms with van der Waals surface area (Å²) >= 11 is 0. The van der Waals surface area contributed by atoms with E-state index in [2.05, 4.69) is 43.1 Å². The first kappa shape index (κ1) is 33.6. The average molecular weight is 563 g/mol. The highest BCUT2D eigenvalue weighted by Crippen LogP contribution is 2.36. The molecular formula is C38H62N2O. The Morgan fingerprint density at radius 3 is 1.88 bits per heavy atom. The van der Waals surface area contributed by atoms with Crippen molar-refractivity contribution in [2.45, 2.75) is 162 Å². The monoisotopic (exact) mass is 562 g/mol. The van der Waals surface area contributed by atoms with E-state index in [1.165, 1.54) is 140 Å². The Kier molecular flexibility index (Phi) is 17.8. The number of aromatic nitrogens is 2. The maximum Gasteiger partial charge on any atom is 0.128 e. The highest BCUT2D eigenvalue weighted by atomic mass is 16.5. The van der Waals surface area contributed by atoms with E-state index in [4.69, 9.17) is 9.72 Å². The van der Waals surface area contributed by atoms with Crippen LogP contribution < -0.4 is 4.74 Å². The molecular weight excluding hydrogens is 500 g/mol. The predicted octanol–water partition coefficient (Wildman–Crippen LogP) is 11.9. The highest BCUT2D eigenvalue weighted by molar-refractivity contribution is 5.69. The molecule has 0 spiro atoms. The minimum atomic E-state index is 0.787. The Balaban J connectivity index is 1.37. The Hall–Kier alpha value is -1.90. The molecule has 3 heteroatoms. The number of nitrogens with zero attached hydrogens (tertiary/aromatic N) is 2. The molecule has 1 aromatic heterocycles. The zero-order valence-electron chi connectivity index (χ0n) is 26.9. The second-order valence-corrected chi connectivity index (χ2v) is 12.9. The van der Waals surface area contributed by atoms with Gasteiger partial charge >= 0.3 is 0 Å². The first-order valence-electron chi connectivity index (χ1n) is 17.8. The zero-order valence-corrected chi connectivity index (χ0v) is 26.9. The van der Waals surface area contributed by atoms with Crippen LogP contribution in [0.3, 0.4) is 0 Å². The van der Waals surface area contributed by atoms with Crippen LogP contribution in [0.4, 0.5) is 0 Å². The molecule has 0 amide bonds. The van der Waals surface area contributed by atoms with Gasteiger partial charge in [0.05, 0.1) is 12.3 Å². The summed E-state index contributed by atoms with van der Waals surface area (Å²) < 4.78 is 6.32. The van der Waals surface area contributed by atoms with Crippen molar-refractivity contribution in [3.8, 4) is 17.0 Å². The average Bonchev–Trinajstić information content (AvgIpc) is 3.01. The summed E-state index contributed by atoms with van der Waals surface area (Å²) in [7, 11) is 0. The number of unbranched alkanes of at least 4 members (excludes halogenated alkanes) is 14. The van der Waals surface area contributed by atoms with Crippen LogP contribution in [-0.2, 0) is 6.42 Å². The Morgan fingerprint density at radius 1 is 0.659 bits per heavy atom. The summed E-state index contributed by atoms with van der Waals surface area (Å²) in [5, 5.41) is 0. The third-order valence-corrected chi connectivity index (χ3v) is 9.44. The van der Waals surface area contributed by atoms with Crippen LogP contribution in [0.1, 0.15) is 161 Å². The van der Waals surface area contributed by atoms with Crippen LogP contribution in [0.2, 0.25) is 0 Å². The van der Waals surface area contributed by atoms with E-state index >= 15 is 0 Å². The van der Waals surface area contributed by atoms with Crippen LogP contribution in [0.15, 0.2) is 36.8 Å². The lowest BCUT2D eigenvalue weighted by molar-refractivity contribution is 0.248. The number of para-hydroxylation sites is 1. The summed E-state index contributed by atoms with van der Waals surface area (Å²) in [5.74, 6) is 2.80. The van der Waals surface area contributed by atoms with Crippen molar-refractivity contribution in [1.82, 2.24) is 9.97 Å². The molecule has 3 rings (SSSR count). The predicted molar refractivity (Wildman–Crippen MR) is 177 cm³/mol. The number of ether oxygens (including phenoxy) is 1. The molecule has 0 unspecified atom stereocenters. The van der Waals surface area contributed by atoms with Crippen molar-refractivity contribution < 1.29 is 4.74 Å². The van der Waals surface area contributed by atoms with Gasteiger partial charge < -0.3 is 4.74 Å². The smallest absolute Gasteiger partial charge is 0.128 e. The third-order valence-electron chi connectivity index (χ3n) is 9.44. The van der Waals surface area contributed by atoms with Gasteiger partial charge in [0.2, 0.25) is 0 Å². The minimum absolute atomic E-state index is 0.787. The van der Waals surface area contributed by atoms with Crippen LogP contribution in [0.5, 0.6) is 5.75 Å². The van der Waals surface area contributed by atoms with Crippen LogP contribution in [0, 0.1) is 11.8 Å². The van der Waals surface area contributed by atoms with E-state index in [0.717, 1.165) is 48.3 Å². The van der Waals surface area contributed by atoms with E-state index in [9.17, 15) is 0 Å². The first-order chi connectivity index (χ1) is 20.3. The second kappa shape index (κ2) is 21.8. The fourth-order valence-electron chi connectivity index (χ4n) is 6.73. The molecule has 0 radical (unpaired) electrons. The van der Waals surface area contributed by atoms with E-state index < -0.39 is 0 Å². The van der Waals surface area contributed by atoms with E-state index in [0.29, 0.717) is 0 Å². The molecule has 1 aliphatic carbocycles. The molecule has 1 fully saturated rings. The van der Waals surface area contributed by atoms with Crippen LogP contribution in [-0.4, -0.2) is 16.6 Å². The molecule has 0 bridgehead atoms. The lowest BCUT2D eigenvalue weighted by Gasteiger charge is -2.28. The highest BCUT2D eigenvalue weighted by Gasteiger charge is 2.21. The SMILES string of the molecule is CCCCCCCCCCCOc1ccccc1-c1ncncc1CCC1CCC(CCCCCCCCC)CC1. The van der Waals surface area contributed by atoms with E-state index in [1.54, 1.807) is 6.33 Å². The van der Waals surface area contributed by atoms with Gasteiger partial charge in [-0.15, -0.1) is 0 Å². The normalized spacial score (nSPS) is 17.1. The topological polar surface area (TPSA) is 35.0 Å². The number of hydrogen-bond acceptors (Lipinski definition) is 3. The summed E-state index contributed by atoms with van der Waals surface area (Å²) in [4.78, 5) is 9.18. The van der Waals surface area contributed by atoms with Gasteiger partial charge in [-0.1, -0.05) is 154 Å². The molecule has 0 aliphatic heterocycles. The zero-order chi connectivity index (χ0) is 28.8. The lowest BCUT2D eigenvalue weighted by atomic mass is 9.77. The maximum atomic E-state index is 6.32. The van der Waals surface area contributed by atoms with Crippen molar-refractivity contribution >= 4 is 0 Å². The van der Waals surface area contributed by atoms with Gasteiger partial charge in [0.1, 0.15) is 12.1 Å². The molecule has 1 saturated carbocycles. The Labute approximate surface area is 253 Å². The molecule has 0 atom stereocenters. The lowest BCUT2D eigenvalue weighted by Crippen LogP contribution is -2.15. The number of rotatable bonds is 23. The van der Waals surface area contributed by atoms with Crippen molar-refractivity contribution in [3.05, 3.63) is 42.4 Å². The molecule has 230 valence electrons. The van der Waals surface area contributed by atoms with Gasteiger partial charge in [-0.25, -0.2) is 9.97 Å². The van der Waals surface area contributed by atoms with Crippen LogP contribution >= 0.6 is 0 Å². The van der Waals surface area contributed by atoms with Crippen LogP contribution in [0.25, 0.3) is 11.3 Å². The molecule has 0 N–H and O–H groups in total. The molecule has 0 saturated heterocycles. The first-order valence-corrected chi connectivity index (χ1v) is 17.8. The van der Waals surface area contributed by atoms with Gasteiger partial charge in [0, 0.05) is 11.8 Å². The van der Waals surface area contributed by atoms with E-state index in [1.807, 2.05) is 6.20 Å². The van der Waals surface area contributed by atoms with Gasteiger partial charge in [-0.05, 0) is 48.8 Å². The number of aryl methyl sites for hydroxylation is 1. The summed E-state index contributed by atoms with van der Waals surface area (Å²) in [5.41, 5.74) is 3.46. The largest absolute Gasteiger partial charge is 0.493 e. The molecule has 1 heterocycles. The van der Waals surface area contributed by atoms with Gasteiger partial charge in [-0.3, -0.25) is 0 Å². The van der Waals surface area contributed by atoms with Crippen molar-refractivity contribution in [3.63, 3.8) is 0 Å². The van der Waals surface area contributed by atoms with E-state index in [-0.39, 0.29) is 0 Å². The van der Waals surface area contributed by atoms with Crippen molar-refractivity contribution in [1.29, 1.82) is 0 Å². The maximum absolute atomic E-state index is 6.32. The molecule has 1 aliphatic rings. The molecule has 3 nitrogen and oxygen atoms in total. The quantitative estimate of drug-likeness (QED) is 0.126. The molecule has 41 heavy (non-hydrogen) atoms. The Bertz CT molecular complexity index is 905. The summed E-state index contributed by atoms with van der Waals surface area (Å²) in [6.07, 6.45) is 35.2. The van der Waals surface area contributed by atoms with Gasteiger partial charge in [0.25, 0.3) is 0 Å². The fraction of sp³-hybridized carbons (Fsp3) is 0.737. The Morgan fingerprint density at radius 2 is 1.22 bits per heavy atom. The summed E-state index contributed by atoms with van der Waals surface area (Å²) in [6, 6.07) is 8.48. The fourth-order valence-corrected chi connectivity index (χ4v) is 6.73. The second-order valence-electron chi connectivity index (χ2n) is 12.9. The van der Waals surface area contributed by atoms with Gasteiger partial charge in [0.15, 0.2) is 0 Å². The minimum Gasteiger partial charge on any atom is -0.493 e. The summed E-state index contributed by atoms with van der Waals surface area (Å²) in [6.45, 7) is 5.38. The standard InChI is InChI=1S/C38H62N2O/c1-3-5-7-9-11-12-14-16-20-30-41-37-23-19-18-22-36(37)38-35(31-39-32-40-38)29-28-34-26-24-33(25-27-34)21-17-15-13-10-8-6-4-2/h18-19,22-23,31-34H,3-17,20-21,24-30H2,1-2H3. The molecule has 2 aromatic rings.